The first-order chi connectivity index (χ1) is 19.1. The van der Waals surface area contributed by atoms with Crippen LogP contribution in [0.4, 0.5) is 18.0 Å². The molecule has 2 N–H and O–H groups in total. The van der Waals surface area contributed by atoms with Crippen LogP contribution >= 0.6 is 0 Å². The third kappa shape index (κ3) is 5.83. The molecule has 1 aliphatic carbocycles. The highest BCUT2D eigenvalue weighted by atomic mass is 19.4. The lowest BCUT2D eigenvalue weighted by atomic mass is 9.65. The van der Waals surface area contributed by atoms with E-state index in [1.165, 1.54) is 12.4 Å². The lowest BCUT2D eigenvalue weighted by Gasteiger charge is -2.51. The number of pyridine rings is 1. The molecule has 0 saturated heterocycles. The minimum Gasteiger partial charge on any atom is -0.438 e. The number of amides is 1. The minimum absolute atomic E-state index is 0.0873. The zero-order valence-electron chi connectivity index (χ0n) is 22.9. The van der Waals surface area contributed by atoms with Crippen LogP contribution in [0.1, 0.15) is 46.1 Å². The molecule has 1 amide bonds. The zero-order valence-corrected chi connectivity index (χ0v) is 22.9. The number of nitrogens with zero attached hydrogens (tertiary/aromatic N) is 3. The van der Waals surface area contributed by atoms with Crippen LogP contribution in [-0.2, 0) is 16.9 Å². The van der Waals surface area contributed by atoms with Crippen molar-refractivity contribution in [2.75, 3.05) is 0 Å². The predicted octanol–water partition coefficient (Wildman–Crippen LogP) is 5.55. The van der Waals surface area contributed by atoms with Crippen molar-refractivity contribution in [1.29, 1.82) is 0 Å². The van der Waals surface area contributed by atoms with Gasteiger partial charge < -0.3 is 19.6 Å². The molecule has 1 aromatic carbocycles. The summed E-state index contributed by atoms with van der Waals surface area (Å²) in [5, 5.41) is 13.2. The van der Waals surface area contributed by atoms with E-state index in [2.05, 4.69) is 15.3 Å². The molecule has 41 heavy (non-hydrogen) atoms. The van der Waals surface area contributed by atoms with Crippen LogP contribution in [0.15, 0.2) is 64.3 Å². The van der Waals surface area contributed by atoms with Crippen molar-refractivity contribution < 1.29 is 32.2 Å². The molecule has 3 aromatic heterocycles. The van der Waals surface area contributed by atoms with Crippen molar-refractivity contribution in [3.05, 3.63) is 71.0 Å². The Bertz CT molecular complexity index is 1640. The first-order valence-corrected chi connectivity index (χ1v) is 12.9. The van der Waals surface area contributed by atoms with Crippen molar-refractivity contribution in [2.24, 2.45) is 0 Å². The Balaban J connectivity index is 1.58. The second-order valence-corrected chi connectivity index (χ2v) is 11.7. The van der Waals surface area contributed by atoms with Gasteiger partial charge in [-0.1, -0.05) is 24.3 Å². The first kappa shape index (κ1) is 28.3. The summed E-state index contributed by atoms with van der Waals surface area (Å²) in [5.41, 5.74) is -1.65. The molecule has 9 nitrogen and oxygen atoms in total. The van der Waals surface area contributed by atoms with E-state index in [0.717, 1.165) is 6.33 Å². The highest BCUT2D eigenvalue weighted by Crippen LogP contribution is 2.51. The summed E-state index contributed by atoms with van der Waals surface area (Å²) >= 11 is 0. The van der Waals surface area contributed by atoms with Crippen molar-refractivity contribution in [3.63, 3.8) is 0 Å². The molecule has 1 aliphatic rings. The van der Waals surface area contributed by atoms with Gasteiger partial charge in [-0.3, -0.25) is 14.3 Å². The van der Waals surface area contributed by atoms with E-state index in [4.69, 9.17) is 9.15 Å². The van der Waals surface area contributed by atoms with Crippen molar-refractivity contribution >= 4 is 17.2 Å². The molecule has 0 radical (unpaired) electrons. The van der Waals surface area contributed by atoms with E-state index in [9.17, 15) is 27.9 Å². The largest absolute Gasteiger partial charge is 0.438 e. The lowest BCUT2D eigenvalue weighted by molar-refractivity contribution is -0.177. The van der Waals surface area contributed by atoms with Gasteiger partial charge in [0.15, 0.2) is 0 Å². The highest BCUT2D eigenvalue weighted by molar-refractivity contribution is 5.99. The normalized spacial score (nSPS) is 21.0. The summed E-state index contributed by atoms with van der Waals surface area (Å²) in [6.07, 6.45) is -1.05. The molecule has 0 atom stereocenters. The van der Waals surface area contributed by atoms with Gasteiger partial charge in [0.1, 0.15) is 29.6 Å². The van der Waals surface area contributed by atoms with Gasteiger partial charge in [-0.05, 0) is 51.0 Å². The lowest BCUT2D eigenvalue weighted by Crippen LogP contribution is -2.57. The van der Waals surface area contributed by atoms with Crippen LogP contribution < -0.4 is 10.9 Å². The fourth-order valence-electron chi connectivity index (χ4n) is 5.28. The fraction of sp³-hybridized carbons (Fsp3) is 0.379. The van der Waals surface area contributed by atoms with E-state index in [1.807, 2.05) is 20.8 Å². The fourth-order valence-corrected chi connectivity index (χ4v) is 5.28. The van der Waals surface area contributed by atoms with Crippen molar-refractivity contribution in [1.82, 2.24) is 19.9 Å². The van der Waals surface area contributed by atoms with Crippen LogP contribution in [-0.4, -0.2) is 43.1 Å². The van der Waals surface area contributed by atoms with Gasteiger partial charge in [0, 0.05) is 41.9 Å². The molecule has 216 valence electrons. The number of benzene rings is 1. The predicted molar refractivity (Wildman–Crippen MR) is 144 cm³/mol. The summed E-state index contributed by atoms with van der Waals surface area (Å²) in [7, 11) is 0. The van der Waals surface area contributed by atoms with Gasteiger partial charge in [-0.25, -0.2) is 9.78 Å². The van der Waals surface area contributed by atoms with Gasteiger partial charge in [-0.15, -0.1) is 0 Å². The Morgan fingerprint density at radius 1 is 1.10 bits per heavy atom. The van der Waals surface area contributed by atoms with Gasteiger partial charge in [0.2, 0.25) is 5.71 Å². The van der Waals surface area contributed by atoms with E-state index >= 15 is 0 Å². The third-order valence-corrected chi connectivity index (χ3v) is 6.77. The second-order valence-electron chi connectivity index (χ2n) is 11.7. The van der Waals surface area contributed by atoms with Crippen molar-refractivity contribution in [2.45, 2.75) is 70.0 Å². The number of alkyl carbamates (subject to hydrolysis) is 1. The molecule has 1 fully saturated rings. The third-order valence-electron chi connectivity index (χ3n) is 6.77. The van der Waals surface area contributed by atoms with Gasteiger partial charge >= 0.3 is 12.3 Å². The molecule has 4 aromatic rings. The van der Waals surface area contributed by atoms with E-state index < -0.39 is 41.1 Å². The Morgan fingerprint density at radius 2 is 1.73 bits per heavy atom. The average Bonchev–Trinajstić information content (AvgIpc) is 3.23. The van der Waals surface area contributed by atoms with Crippen LogP contribution in [0.25, 0.3) is 33.6 Å². The molecule has 0 spiro atoms. The Kier molecular flexibility index (Phi) is 6.72. The highest BCUT2D eigenvalue weighted by Gasteiger charge is 2.55. The van der Waals surface area contributed by atoms with E-state index in [0.29, 0.717) is 21.3 Å². The molecule has 1 saturated carbocycles. The number of aromatic nitrogens is 3. The maximum absolute atomic E-state index is 13.2. The number of alkyl halides is 3. The smallest absolute Gasteiger partial charge is 0.408 e. The van der Waals surface area contributed by atoms with Crippen molar-refractivity contribution in [3.8, 4) is 22.5 Å². The number of aliphatic hydroxyl groups is 1. The van der Waals surface area contributed by atoms with E-state index in [1.54, 1.807) is 43.3 Å². The number of nitrogens with one attached hydrogen (secondary N) is 1. The summed E-state index contributed by atoms with van der Waals surface area (Å²) in [6, 6.07) is 10.1. The molecule has 0 aliphatic heterocycles. The molecule has 0 bridgehead atoms. The number of hydrogen-bond donors (Lipinski definition) is 2. The monoisotopic (exact) mass is 570 g/mol. The summed E-state index contributed by atoms with van der Waals surface area (Å²) in [4.78, 5) is 33.8. The van der Waals surface area contributed by atoms with Crippen LogP contribution in [0.5, 0.6) is 0 Å². The second kappa shape index (κ2) is 9.72. The topological polar surface area (TPSA) is 119 Å². The molecule has 12 heteroatoms. The number of halogens is 3. The van der Waals surface area contributed by atoms with Crippen LogP contribution in [0.2, 0.25) is 0 Å². The van der Waals surface area contributed by atoms with Gasteiger partial charge in [0.25, 0.3) is 5.56 Å². The number of ether oxygens (including phenoxy) is 1. The molecule has 3 heterocycles. The van der Waals surface area contributed by atoms with Gasteiger partial charge in [-0.2, -0.15) is 13.2 Å². The Labute approximate surface area is 233 Å². The van der Waals surface area contributed by atoms with E-state index in [-0.39, 0.29) is 35.3 Å². The van der Waals surface area contributed by atoms with Crippen LogP contribution in [0.3, 0.4) is 0 Å². The molecule has 5 rings (SSSR count). The standard InChI is InChI=1S/C29H29F3N4O5/c1-26(2,3)35-25(38)41-28(13-27(4,39)14-28)19-7-5-18(6-8-19)22-20(17-9-11-33-12-10-17)21-23(40-22)34-16-36(24(21)37)15-29(30,31)32/h5-12,16,39H,13-15H2,1-4H3,(H,35,38). The number of fused-ring (bicyclic) bond motifs is 1. The zero-order chi connectivity index (χ0) is 29.8. The molecular weight excluding hydrogens is 541 g/mol. The maximum Gasteiger partial charge on any atom is 0.408 e. The number of furan rings is 1. The Morgan fingerprint density at radius 3 is 2.29 bits per heavy atom. The minimum atomic E-state index is -4.62. The Hall–Kier alpha value is -4.19. The quantitative estimate of drug-likeness (QED) is 0.323. The SMILES string of the molecule is CC1(O)CC(OC(=O)NC(C)(C)C)(c2ccc(-c3oc4ncn(CC(F)(F)F)c(=O)c4c3-c3ccncc3)cc2)C1. The number of carbonyl (C=O) groups is 1. The summed E-state index contributed by atoms with van der Waals surface area (Å²) < 4.78 is 51.7. The summed E-state index contributed by atoms with van der Waals surface area (Å²) in [5.74, 6) is 0.230. The average molecular weight is 571 g/mol. The summed E-state index contributed by atoms with van der Waals surface area (Å²) in [6.45, 7) is 5.65. The number of rotatable bonds is 5. The maximum atomic E-state index is 13.2. The number of carbonyl (C=O) groups excluding carboxylic acids is 1. The van der Waals surface area contributed by atoms with Gasteiger partial charge in [0.05, 0.1) is 5.60 Å². The molecular formula is C29H29F3N4O5. The molecule has 0 unspecified atom stereocenters. The van der Waals surface area contributed by atoms with Crippen LogP contribution in [0, 0.1) is 0 Å². The number of hydrogen-bond acceptors (Lipinski definition) is 7. The first-order valence-electron chi connectivity index (χ1n) is 12.9.